The Bertz CT molecular complexity index is 900. The van der Waals surface area contributed by atoms with Gasteiger partial charge in [0.15, 0.2) is 0 Å². The Morgan fingerprint density at radius 2 is 1.43 bits per heavy atom. The fourth-order valence-electron chi connectivity index (χ4n) is 2.88. The summed E-state index contributed by atoms with van der Waals surface area (Å²) in [6, 6.07) is 18.5. The van der Waals surface area contributed by atoms with Gasteiger partial charge in [-0.2, -0.15) is 5.26 Å². The van der Waals surface area contributed by atoms with Gasteiger partial charge in [-0.3, -0.25) is 4.98 Å². The summed E-state index contributed by atoms with van der Waals surface area (Å²) < 4.78 is 0. The van der Waals surface area contributed by atoms with Crippen molar-refractivity contribution in [3.8, 4) is 28.5 Å². The zero-order valence-corrected chi connectivity index (χ0v) is 13.6. The molecule has 0 N–H and O–H groups in total. The average molecular weight is 298 g/mol. The summed E-state index contributed by atoms with van der Waals surface area (Å²) in [7, 11) is 0. The Balaban J connectivity index is 2.18. The van der Waals surface area contributed by atoms with Gasteiger partial charge < -0.3 is 0 Å². The minimum Gasteiger partial charge on any atom is -0.256 e. The number of rotatable bonds is 2. The van der Waals surface area contributed by atoms with Crippen LogP contribution < -0.4 is 0 Å². The molecular formula is C21H18N2. The molecule has 0 fully saturated rings. The Labute approximate surface area is 137 Å². The van der Waals surface area contributed by atoms with Crippen molar-refractivity contribution in [3.63, 3.8) is 0 Å². The van der Waals surface area contributed by atoms with E-state index in [0.29, 0.717) is 0 Å². The van der Waals surface area contributed by atoms with Crippen LogP contribution in [0.4, 0.5) is 0 Å². The number of hydrogen-bond acceptors (Lipinski definition) is 2. The molecule has 3 rings (SSSR count). The molecule has 2 aromatic carbocycles. The highest BCUT2D eigenvalue weighted by molar-refractivity contribution is 5.79. The van der Waals surface area contributed by atoms with Crippen molar-refractivity contribution < 1.29 is 0 Å². The molecule has 0 aliphatic heterocycles. The average Bonchev–Trinajstić information content (AvgIpc) is 2.57. The Hall–Kier alpha value is -2.92. The summed E-state index contributed by atoms with van der Waals surface area (Å²) in [4.78, 5) is 4.55. The molecule has 2 nitrogen and oxygen atoms in total. The first-order valence-corrected chi connectivity index (χ1v) is 7.64. The summed E-state index contributed by atoms with van der Waals surface area (Å²) in [5.41, 5.74) is 8.44. The van der Waals surface area contributed by atoms with Crippen LogP contribution in [0.1, 0.15) is 22.3 Å². The van der Waals surface area contributed by atoms with E-state index in [1.165, 1.54) is 5.56 Å². The summed E-state index contributed by atoms with van der Waals surface area (Å²) in [6.45, 7) is 6.16. The van der Waals surface area contributed by atoms with Crippen LogP contribution in [-0.4, -0.2) is 4.98 Å². The number of aryl methyl sites for hydroxylation is 1. The van der Waals surface area contributed by atoms with Crippen LogP contribution in [-0.2, 0) is 0 Å². The van der Waals surface area contributed by atoms with Crippen LogP contribution in [0.15, 0.2) is 54.7 Å². The summed E-state index contributed by atoms with van der Waals surface area (Å²) in [5, 5.41) is 9.26. The molecule has 0 radical (unpaired) electrons. The molecule has 0 atom stereocenters. The third-order valence-electron chi connectivity index (χ3n) is 4.27. The van der Waals surface area contributed by atoms with E-state index in [4.69, 9.17) is 0 Å². The molecule has 0 amide bonds. The largest absolute Gasteiger partial charge is 0.256 e. The molecule has 0 saturated heterocycles. The van der Waals surface area contributed by atoms with Crippen molar-refractivity contribution in [2.75, 3.05) is 0 Å². The fourth-order valence-corrected chi connectivity index (χ4v) is 2.88. The van der Waals surface area contributed by atoms with Crippen LogP contribution >= 0.6 is 0 Å². The molecule has 112 valence electrons. The molecule has 0 saturated carbocycles. The van der Waals surface area contributed by atoms with Crippen molar-refractivity contribution in [1.82, 2.24) is 4.98 Å². The molecule has 3 aromatic rings. The Morgan fingerprint density at radius 3 is 2.09 bits per heavy atom. The predicted octanol–water partition coefficient (Wildman–Crippen LogP) is 5.21. The third kappa shape index (κ3) is 2.74. The lowest BCUT2D eigenvalue weighted by atomic mass is 9.91. The van der Waals surface area contributed by atoms with Crippen LogP contribution in [0.25, 0.3) is 22.4 Å². The molecule has 0 bridgehead atoms. The number of benzene rings is 2. The van der Waals surface area contributed by atoms with Gasteiger partial charge in [-0.05, 0) is 60.7 Å². The van der Waals surface area contributed by atoms with Crippen molar-refractivity contribution >= 4 is 0 Å². The Morgan fingerprint density at radius 1 is 0.783 bits per heavy atom. The van der Waals surface area contributed by atoms with Crippen molar-refractivity contribution in [2.24, 2.45) is 0 Å². The topological polar surface area (TPSA) is 36.7 Å². The minimum atomic E-state index is 0.723. The van der Waals surface area contributed by atoms with Crippen molar-refractivity contribution in [1.29, 1.82) is 5.26 Å². The summed E-state index contributed by atoms with van der Waals surface area (Å²) in [5.74, 6) is 0. The number of aromatic nitrogens is 1. The van der Waals surface area contributed by atoms with Gasteiger partial charge in [0.2, 0.25) is 0 Å². The standard InChI is InChI=1S/C21H18N2/c1-14-10-11-21(23-13-14)20-9-5-8-19(16(20)3)18-7-4-6-17(12-22)15(18)2/h4-11,13H,1-3H3. The maximum Gasteiger partial charge on any atom is 0.0994 e. The quantitative estimate of drug-likeness (QED) is 0.651. The molecule has 23 heavy (non-hydrogen) atoms. The molecule has 1 aromatic heterocycles. The summed E-state index contributed by atoms with van der Waals surface area (Å²) in [6.07, 6.45) is 1.89. The van der Waals surface area contributed by atoms with Gasteiger partial charge in [0.25, 0.3) is 0 Å². The van der Waals surface area contributed by atoms with Crippen LogP contribution in [0, 0.1) is 32.1 Å². The zero-order chi connectivity index (χ0) is 16.4. The first-order chi connectivity index (χ1) is 11.1. The summed E-state index contributed by atoms with van der Waals surface area (Å²) >= 11 is 0. The third-order valence-corrected chi connectivity index (χ3v) is 4.27. The van der Waals surface area contributed by atoms with Gasteiger partial charge in [0.1, 0.15) is 0 Å². The fraction of sp³-hybridized carbons (Fsp3) is 0.143. The zero-order valence-electron chi connectivity index (χ0n) is 13.6. The smallest absolute Gasteiger partial charge is 0.0994 e. The molecule has 0 unspecified atom stereocenters. The van der Waals surface area contributed by atoms with Crippen molar-refractivity contribution in [2.45, 2.75) is 20.8 Å². The van der Waals surface area contributed by atoms with Crippen molar-refractivity contribution in [3.05, 3.63) is 77.0 Å². The minimum absolute atomic E-state index is 0.723. The highest BCUT2D eigenvalue weighted by Crippen LogP contribution is 2.33. The molecule has 0 spiro atoms. The second kappa shape index (κ2) is 6.06. The van der Waals surface area contributed by atoms with E-state index >= 15 is 0 Å². The highest BCUT2D eigenvalue weighted by atomic mass is 14.7. The lowest BCUT2D eigenvalue weighted by Crippen LogP contribution is -1.94. The van der Waals surface area contributed by atoms with E-state index < -0.39 is 0 Å². The van der Waals surface area contributed by atoms with Gasteiger partial charge >= 0.3 is 0 Å². The van der Waals surface area contributed by atoms with Crippen LogP contribution in [0.5, 0.6) is 0 Å². The SMILES string of the molecule is Cc1ccc(-c2cccc(-c3cccc(C#N)c3C)c2C)nc1. The Kier molecular flexibility index (Phi) is 3.95. The van der Waals surface area contributed by atoms with E-state index in [0.717, 1.165) is 39.1 Å². The monoisotopic (exact) mass is 298 g/mol. The van der Waals surface area contributed by atoms with Gasteiger partial charge in [0.05, 0.1) is 17.3 Å². The predicted molar refractivity (Wildman–Crippen MR) is 94.0 cm³/mol. The van der Waals surface area contributed by atoms with E-state index in [2.05, 4.69) is 54.4 Å². The molecule has 1 heterocycles. The van der Waals surface area contributed by atoms with E-state index in [1.807, 2.05) is 32.2 Å². The number of nitrogens with zero attached hydrogens (tertiary/aromatic N) is 2. The second-order valence-corrected chi connectivity index (χ2v) is 5.79. The number of hydrogen-bond donors (Lipinski definition) is 0. The first-order valence-electron chi connectivity index (χ1n) is 7.64. The highest BCUT2D eigenvalue weighted by Gasteiger charge is 2.12. The molecule has 0 aliphatic carbocycles. The lowest BCUT2D eigenvalue weighted by molar-refractivity contribution is 1.26. The first kappa shape index (κ1) is 15.0. The maximum atomic E-state index is 9.26. The lowest BCUT2D eigenvalue weighted by Gasteiger charge is -2.14. The van der Waals surface area contributed by atoms with Gasteiger partial charge in [0, 0.05) is 11.8 Å². The normalized spacial score (nSPS) is 10.3. The molecular weight excluding hydrogens is 280 g/mol. The van der Waals surface area contributed by atoms with E-state index in [1.54, 1.807) is 0 Å². The second-order valence-electron chi connectivity index (χ2n) is 5.79. The van der Waals surface area contributed by atoms with Crippen LogP contribution in [0.3, 0.4) is 0 Å². The van der Waals surface area contributed by atoms with Gasteiger partial charge in [-0.1, -0.05) is 36.4 Å². The number of pyridine rings is 1. The maximum absolute atomic E-state index is 9.26. The molecule has 0 aliphatic rings. The van der Waals surface area contributed by atoms with Gasteiger partial charge in [-0.15, -0.1) is 0 Å². The van der Waals surface area contributed by atoms with Gasteiger partial charge in [-0.25, -0.2) is 0 Å². The number of nitriles is 1. The molecule has 2 heteroatoms. The van der Waals surface area contributed by atoms with E-state index in [9.17, 15) is 5.26 Å². The van der Waals surface area contributed by atoms with Crippen LogP contribution in [0.2, 0.25) is 0 Å². The van der Waals surface area contributed by atoms with E-state index in [-0.39, 0.29) is 0 Å².